The van der Waals surface area contributed by atoms with Gasteiger partial charge in [-0.2, -0.15) is 5.26 Å². The van der Waals surface area contributed by atoms with E-state index in [9.17, 15) is 0 Å². The topological polar surface area (TPSA) is 39.5 Å². The molecule has 0 spiro atoms. The lowest BCUT2D eigenvalue weighted by Gasteiger charge is -2.30. The number of benzene rings is 1. The second kappa shape index (κ2) is 7.88. The molecule has 1 aromatic carbocycles. The average Bonchev–Trinajstić information content (AvgIpc) is 2.43. The van der Waals surface area contributed by atoms with Crippen molar-refractivity contribution < 1.29 is 4.74 Å². The van der Waals surface area contributed by atoms with Gasteiger partial charge in [0.2, 0.25) is 0 Å². The maximum Gasteiger partial charge on any atom is 0.136 e. The van der Waals surface area contributed by atoms with Crippen LogP contribution in [0.15, 0.2) is 18.2 Å². The Labute approximate surface area is 122 Å². The lowest BCUT2D eigenvalue weighted by atomic mass is 10.1. The highest BCUT2D eigenvalue weighted by Gasteiger charge is 2.14. The summed E-state index contributed by atoms with van der Waals surface area (Å²) in [5.41, 5.74) is 1.76. The maximum atomic E-state index is 9.01. The van der Waals surface area contributed by atoms with E-state index < -0.39 is 0 Å². The Morgan fingerprint density at radius 2 is 2.05 bits per heavy atom. The Bertz CT molecular complexity index is 465. The van der Waals surface area contributed by atoms with Crippen LogP contribution in [0.25, 0.3) is 0 Å². The summed E-state index contributed by atoms with van der Waals surface area (Å²) in [6.45, 7) is 7.31. The van der Waals surface area contributed by atoms with Crippen molar-refractivity contribution in [1.82, 2.24) is 9.80 Å². The van der Waals surface area contributed by atoms with Crippen LogP contribution in [0.5, 0.6) is 5.75 Å². The van der Waals surface area contributed by atoms with Gasteiger partial charge in [0.1, 0.15) is 11.8 Å². The van der Waals surface area contributed by atoms with Crippen molar-refractivity contribution in [1.29, 1.82) is 5.26 Å². The van der Waals surface area contributed by atoms with E-state index >= 15 is 0 Å². The van der Waals surface area contributed by atoms with Gasteiger partial charge < -0.3 is 9.64 Å². The van der Waals surface area contributed by atoms with Crippen LogP contribution < -0.4 is 4.74 Å². The molecule has 1 aromatic rings. The van der Waals surface area contributed by atoms with Gasteiger partial charge in [0, 0.05) is 19.1 Å². The van der Waals surface area contributed by atoms with Crippen LogP contribution in [0.1, 0.15) is 25.0 Å². The Hall–Kier alpha value is -1.57. The van der Waals surface area contributed by atoms with Gasteiger partial charge in [-0.25, -0.2) is 0 Å². The molecule has 0 radical (unpaired) electrons. The van der Waals surface area contributed by atoms with Gasteiger partial charge in [0.15, 0.2) is 0 Å². The van der Waals surface area contributed by atoms with E-state index in [4.69, 9.17) is 10.00 Å². The molecule has 0 heterocycles. The summed E-state index contributed by atoms with van der Waals surface area (Å²) in [6.07, 6.45) is 0. The van der Waals surface area contributed by atoms with E-state index in [0.717, 1.165) is 19.6 Å². The fourth-order valence-corrected chi connectivity index (χ4v) is 2.38. The number of ether oxygens (including phenoxy) is 1. The van der Waals surface area contributed by atoms with Gasteiger partial charge in [-0.1, -0.05) is 13.0 Å². The molecule has 0 saturated heterocycles. The van der Waals surface area contributed by atoms with E-state index in [-0.39, 0.29) is 0 Å². The second-order valence-electron chi connectivity index (χ2n) is 5.32. The second-order valence-corrected chi connectivity index (χ2v) is 5.32. The third kappa shape index (κ3) is 4.52. The smallest absolute Gasteiger partial charge is 0.136 e. The highest BCUT2D eigenvalue weighted by molar-refractivity contribution is 5.45. The Morgan fingerprint density at radius 3 is 2.55 bits per heavy atom. The van der Waals surface area contributed by atoms with Gasteiger partial charge >= 0.3 is 0 Å². The van der Waals surface area contributed by atoms with Crippen LogP contribution in [0.2, 0.25) is 0 Å². The number of methoxy groups -OCH3 is 1. The summed E-state index contributed by atoms with van der Waals surface area (Å²) in [6, 6.07) is 8.43. The summed E-state index contributed by atoms with van der Waals surface area (Å²) in [5, 5.41) is 9.01. The van der Waals surface area contributed by atoms with E-state index in [1.165, 1.54) is 5.56 Å². The van der Waals surface area contributed by atoms with Crippen LogP contribution in [0.4, 0.5) is 0 Å². The first kappa shape index (κ1) is 16.5. The number of hydrogen-bond acceptors (Lipinski definition) is 4. The molecule has 0 amide bonds. The molecule has 0 saturated carbocycles. The minimum absolute atomic E-state index is 0.483. The number of likely N-dealkylation sites (N-methyl/N-ethyl adjacent to an activating group) is 2. The number of rotatable bonds is 7. The Balaban J connectivity index is 2.82. The van der Waals surface area contributed by atoms with Gasteiger partial charge in [-0.3, -0.25) is 4.90 Å². The standard InChI is InChI=1S/C16H25N3O/c1-6-19(13(2)11-18(3)4)12-14-7-8-15(10-17)16(9-14)20-5/h7-9,13H,6,11-12H2,1-5H3. The van der Waals surface area contributed by atoms with Crippen LogP contribution in [-0.2, 0) is 6.54 Å². The van der Waals surface area contributed by atoms with Crippen LogP contribution >= 0.6 is 0 Å². The fraction of sp³-hybridized carbons (Fsp3) is 0.562. The Morgan fingerprint density at radius 1 is 1.35 bits per heavy atom. The van der Waals surface area contributed by atoms with Gasteiger partial charge in [0.05, 0.1) is 12.7 Å². The zero-order chi connectivity index (χ0) is 15.1. The zero-order valence-electron chi connectivity index (χ0n) is 13.2. The van der Waals surface area contributed by atoms with Gasteiger partial charge in [-0.05, 0) is 45.3 Å². The number of hydrogen-bond donors (Lipinski definition) is 0. The summed E-state index contributed by atoms with van der Waals surface area (Å²) < 4.78 is 5.27. The minimum Gasteiger partial charge on any atom is -0.495 e. The maximum absolute atomic E-state index is 9.01. The van der Waals surface area contributed by atoms with Crippen molar-refractivity contribution in [3.8, 4) is 11.8 Å². The third-order valence-corrected chi connectivity index (χ3v) is 3.43. The monoisotopic (exact) mass is 275 g/mol. The van der Waals surface area contributed by atoms with Crippen LogP contribution in [0, 0.1) is 11.3 Å². The van der Waals surface area contributed by atoms with Crippen molar-refractivity contribution in [2.24, 2.45) is 0 Å². The molecule has 4 nitrogen and oxygen atoms in total. The predicted octanol–water partition coefficient (Wildman–Crippen LogP) is 2.34. The van der Waals surface area contributed by atoms with Crippen molar-refractivity contribution >= 4 is 0 Å². The van der Waals surface area contributed by atoms with E-state index in [0.29, 0.717) is 17.4 Å². The fourth-order valence-electron chi connectivity index (χ4n) is 2.38. The molecular weight excluding hydrogens is 250 g/mol. The minimum atomic E-state index is 0.483. The molecule has 0 bridgehead atoms. The molecule has 0 aliphatic carbocycles. The molecule has 20 heavy (non-hydrogen) atoms. The van der Waals surface area contributed by atoms with Crippen molar-refractivity contribution in [3.63, 3.8) is 0 Å². The molecule has 4 heteroatoms. The van der Waals surface area contributed by atoms with Gasteiger partial charge in [0.25, 0.3) is 0 Å². The first-order valence-electron chi connectivity index (χ1n) is 6.97. The van der Waals surface area contributed by atoms with Gasteiger partial charge in [-0.15, -0.1) is 0 Å². The van der Waals surface area contributed by atoms with Crippen LogP contribution in [-0.4, -0.2) is 50.1 Å². The van der Waals surface area contributed by atoms with E-state index in [2.05, 4.69) is 43.8 Å². The largest absolute Gasteiger partial charge is 0.495 e. The molecule has 1 atom stereocenters. The highest BCUT2D eigenvalue weighted by Crippen LogP contribution is 2.20. The molecular formula is C16H25N3O. The van der Waals surface area contributed by atoms with Crippen molar-refractivity contribution in [3.05, 3.63) is 29.3 Å². The predicted molar refractivity (Wildman–Crippen MR) is 81.8 cm³/mol. The van der Waals surface area contributed by atoms with Crippen molar-refractivity contribution in [2.75, 3.05) is 34.3 Å². The molecule has 0 N–H and O–H groups in total. The summed E-state index contributed by atoms with van der Waals surface area (Å²) in [5.74, 6) is 0.654. The molecule has 1 unspecified atom stereocenters. The van der Waals surface area contributed by atoms with Crippen LogP contribution in [0.3, 0.4) is 0 Å². The lowest BCUT2D eigenvalue weighted by Crippen LogP contribution is -2.39. The van der Waals surface area contributed by atoms with Crippen molar-refractivity contribution in [2.45, 2.75) is 26.4 Å². The summed E-state index contributed by atoms with van der Waals surface area (Å²) in [7, 11) is 5.79. The summed E-state index contributed by atoms with van der Waals surface area (Å²) >= 11 is 0. The molecule has 1 rings (SSSR count). The number of nitrogens with zero attached hydrogens (tertiary/aromatic N) is 3. The molecule has 0 fully saturated rings. The Kier molecular flexibility index (Phi) is 6.50. The zero-order valence-corrected chi connectivity index (χ0v) is 13.2. The van der Waals surface area contributed by atoms with E-state index in [1.54, 1.807) is 7.11 Å². The SMILES string of the molecule is CCN(Cc1ccc(C#N)c(OC)c1)C(C)CN(C)C. The third-order valence-electron chi connectivity index (χ3n) is 3.43. The summed E-state index contributed by atoms with van der Waals surface area (Å²) in [4.78, 5) is 4.62. The number of nitriles is 1. The molecule has 0 aliphatic rings. The van der Waals surface area contributed by atoms with E-state index in [1.807, 2.05) is 18.2 Å². The molecule has 0 aliphatic heterocycles. The first-order valence-corrected chi connectivity index (χ1v) is 6.97. The normalized spacial score (nSPS) is 12.5. The lowest BCUT2D eigenvalue weighted by molar-refractivity contribution is 0.174. The molecule has 110 valence electrons. The molecule has 0 aromatic heterocycles. The first-order chi connectivity index (χ1) is 9.51. The average molecular weight is 275 g/mol. The quantitative estimate of drug-likeness (QED) is 0.765. The highest BCUT2D eigenvalue weighted by atomic mass is 16.5.